The number of rotatable bonds is 1. The van der Waals surface area contributed by atoms with Crippen LogP contribution in [0, 0.1) is 5.41 Å². The number of alkyl halides is 1. The molecule has 0 aliphatic heterocycles. The van der Waals surface area contributed by atoms with Gasteiger partial charge in [-0.05, 0) is 20.3 Å². The van der Waals surface area contributed by atoms with Gasteiger partial charge in [0.25, 0.3) is 0 Å². The number of carbonyl (C=O) groups excluding carboxylic acids is 1. The Bertz CT molecular complexity index is 162. The summed E-state index contributed by atoms with van der Waals surface area (Å²) in [4.78, 5) is 10.6. The van der Waals surface area contributed by atoms with Crippen LogP contribution >= 0.6 is 11.6 Å². The van der Waals surface area contributed by atoms with Gasteiger partial charge in [-0.1, -0.05) is 6.92 Å². The summed E-state index contributed by atoms with van der Waals surface area (Å²) in [6.07, 6.45) is 0.830. The molecule has 1 aliphatic rings. The second kappa shape index (κ2) is 1.51. The third kappa shape index (κ3) is 0.787. The SMILES string of the molecule is CC(=O)C1(C)CC1(C)Cl. The largest absolute Gasteiger partial charge is 0.299 e. The van der Waals surface area contributed by atoms with E-state index in [2.05, 4.69) is 0 Å². The van der Waals surface area contributed by atoms with Crippen LogP contribution < -0.4 is 0 Å². The van der Waals surface area contributed by atoms with Gasteiger partial charge in [0.15, 0.2) is 0 Å². The molecule has 1 rings (SSSR count). The lowest BCUT2D eigenvalue weighted by molar-refractivity contribution is -0.121. The van der Waals surface area contributed by atoms with Gasteiger partial charge in [-0.3, -0.25) is 4.79 Å². The molecule has 52 valence electrons. The smallest absolute Gasteiger partial charge is 0.137 e. The lowest BCUT2D eigenvalue weighted by atomic mass is 10.0. The lowest BCUT2D eigenvalue weighted by Gasteiger charge is -2.06. The van der Waals surface area contributed by atoms with Crippen LogP contribution in [0.25, 0.3) is 0 Å². The fraction of sp³-hybridized carbons (Fsp3) is 0.857. The second-order valence-corrected chi connectivity index (χ2v) is 4.10. The van der Waals surface area contributed by atoms with Crippen molar-refractivity contribution < 1.29 is 4.79 Å². The van der Waals surface area contributed by atoms with E-state index in [1.54, 1.807) is 6.92 Å². The first-order valence-corrected chi connectivity index (χ1v) is 3.48. The Morgan fingerprint density at radius 2 is 1.89 bits per heavy atom. The summed E-state index contributed by atoms with van der Waals surface area (Å²) in [7, 11) is 0. The molecule has 0 aromatic heterocycles. The van der Waals surface area contributed by atoms with E-state index in [9.17, 15) is 4.79 Å². The standard InChI is InChI=1S/C7H11ClO/c1-5(9)6(2)4-7(6,3)8/h4H2,1-3H3. The number of hydrogen-bond acceptors (Lipinski definition) is 1. The fourth-order valence-electron chi connectivity index (χ4n) is 1.11. The molecule has 0 heterocycles. The molecule has 1 nitrogen and oxygen atoms in total. The van der Waals surface area contributed by atoms with Crippen molar-refractivity contribution in [2.24, 2.45) is 5.41 Å². The van der Waals surface area contributed by atoms with Crippen molar-refractivity contribution >= 4 is 17.4 Å². The summed E-state index contributed by atoms with van der Waals surface area (Å²) in [6.45, 7) is 5.44. The van der Waals surface area contributed by atoms with Gasteiger partial charge in [-0.2, -0.15) is 0 Å². The van der Waals surface area contributed by atoms with Crippen LogP contribution in [0.3, 0.4) is 0 Å². The minimum atomic E-state index is -0.251. The maximum atomic E-state index is 10.9. The Labute approximate surface area is 60.4 Å². The molecular formula is C7H11ClO. The molecule has 2 heteroatoms. The monoisotopic (exact) mass is 146 g/mol. The first-order valence-electron chi connectivity index (χ1n) is 3.10. The molecule has 1 saturated carbocycles. The van der Waals surface area contributed by atoms with Crippen LogP contribution in [0.5, 0.6) is 0 Å². The molecule has 1 fully saturated rings. The molecule has 2 unspecified atom stereocenters. The summed E-state index contributed by atoms with van der Waals surface area (Å²) < 4.78 is 0. The molecule has 9 heavy (non-hydrogen) atoms. The van der Waals surface area contributed by atoms with Gasteiger partial charge >= 0.3 is 0 Å². The van der Waals surface area contributed by atoms with E-state index in [-0.39, 0.29) is 16.1 Å². The molecule has 0 N–H and O–H groups in total. The van der Waals surface area contributed by atoms with Gasteiger partial charge < -0.3 is 0 Å². The van der Waals surface area contributed by atoms with E-state index in [1.807, 2.05) is 13.8 Å². The summed E-state index contributed by atoms with van der Waals surface area (Å²) in [5.74, 6) is 0.208. The molecule has 0 spiro atoms. The van der Waals surface area contributed by atoms with Crippen molar-refractivity contribution in [2.45, 2.75) is 32.1 Å². The van der Waals surface area contributed by atoms with Crippen molar-refractivity contribution in [2.75, 3.05) is 0 Å². The van der Waals surface area contributed by atoms with Crippen molar-refractivity contribution in [3.05, 3.63) is 0 Å². The zero-order valence-electron chi connectivity index (χ0n) is 5.99. The van der Waals surface area contributed by atoms with Crippen molar-refractivity contribution in [3.63, 3.8) is 0 Å². The van der Waals surface area contributed by atoms with Gasteiger partial charge in [0.05, 0.1) is 4.87 Å². The zero-order chi connectivity index (χ0) is 7.28. The van der Waals surface area contributed by atoms with E-state index in [1.165, 1.54) is 0 Å². The Hall–Kier alpha value is -0.0400. The Balaban J connectivity index is 2.74. The highest BCUT2D eigenvalue weighted by molar-refractivity contribution is 6.29. The Morgan fingerprint density at radius 1 is 1.56 bits per heavy atom. The third-order valence-electron chi connectivity index (χ3n) is 2.49. The first kappa shape index (κ1) is 7.07. The van der Waals surface area contributed by atoms with E-state index in [0.29, 0.717) is 0 Å². The van der Waals surface area contributed by atoms with Gasteiger partial charge in [-0.15, -0.1) is 11.6 Å². The van der Waals surface area contributed by atoms with Gasteiger partial charge in [0, 0.05) is 5.41 Å². The zero-order valence-corrected chi connectivity index (χ0v) is 6.75. The molecule has 0 aromatic rings. The quantitative estimate of drug-likeness (QED) is 0.517. The number of halogens is 1. The van der Waals surface area contributed by atoms with E-state index >= 15 is 0 Å². The van der Waals surface area contributed by atoms with E-state index in [0.717, 1.165) is 6.42 Å². The van der Waals surface area contributed by atoms with Crippen LogP contribution in [0.4, 0.5) is 0 Å². The van der Waals surface area contributed by atoms with Crippen LogP contribution in [0.15, 0.2) is 0 Å². The van der Waals surface area contributed by atoms with E-state index < -0.39 is 0 Å². The Morgan fingerprint density at radius 3 is 1.89 bits per heavy atom. The minimum Gasteiger partial charge on any atom is -0.299 e. The maximum Gasteiger partial charge on any atom is 0.137 e. The van der Waals surface area contributed by atoms with E-state index in [4.69, 9.17) is 11.6 Å². The number of hydrogen-bond donors (Lipinski definition) is 0. The molecule has 0 amide bonds. The van der Waals surface area contributed by atoms with Crippen LogP contribution in [-0.2, 0) is 4.79 Å². The third-order valence-corrected chi connectivity index (χ3v) is 3.04. The van der Waals surface area contributed by atoms with Crippen molar-refractivity contribution in [3.8, 4) is 0 Å². The minimum absolute atomic E-state index is 0.208. The number of Topliss-reactive ketones (excluding diaryl/α,β-unsaturated/α-hetero) is 1. The fourth-order valence-corrected chi connectivity index (χ4v) is 1.51. The molecule has 0 bridgehead atoms. The highest BCUT2D eigenvalue weighted by Gasteiger charge is 2.63. The molecular weight excluding hydrogens is 136 g/mol. The van der Waals surface area contributed by atoms with Crippen LogP contribution in [0.2, 0.25) is 0 Å². The molecule has 0 aromatic carbocycles. The Kier molecular flexibility index (Phi) is 1.19. The van der Waals surface area contributed by atoms with Crippen LogP contribution in [-0.4, -0.2) is 10.7 Å². The van der Waals surface area contributed by atoms with Crippen molar-refractivity contribution in [1.82, 2.24) is 0 Å². The normalized spacial score (nSPS) is 48.9. The molecule has 1 aliphatic carbocycles. The predicted octanol–water partition coefficient (Wildman–Crippen LogP) is 1.98. The maximum absolute atomic E-state index is 10.9. The summed E-state index contributed by atoms with van der Waals surface area (Å²) in [5.41, 5.74) is -0.228. The van der Waals surface area contributed by atoms with Crippen molar-refractivity contribution in [1.29, 1.82) is 0 Å². The molecule has 2 atom stereocenters. The summed E-state index contributed by atoms with van der Waals surface area (Å²) >= 11 is 5.92. The highest BCUT2D eigenvalue weighted by Crippen LogP contribution is 2.60. The summed E-state index contributed by atoms with van der Waals surface area (Å²) in [5, 5.41) is 0. The first-order chi connectivity index (χ1) is 3.90. The average molecular weight is 147 g/mol. The predicted molar refractivity (Wildman–Crippen MR) is 37.7 cm³/mol. The van der Waals surface area contributed by atoms with Gasteiger partial charge in [0.2, 0.25) is 0 Å². The average Bonchev–Trinajstić information content (AvgIpc) is 2.08. The van der Waals surface area contributed by atoms with Gasteiger partial charge in [-0.25, -0.2) is 0 Å². The number of carbonyl (C=O) groups is 1. The molecule has 0 radical (unpaired) electrons. The topological polar surface area (TPSA) is 17.1 Å². The highest BCUT2D eigenvalue weighted by atomic mass is 35.5. The number of ketones is 1. The summed E-state index contributed by atoms with van der Waals surface area (Å²) in [6, 6.07) is 0. The molecule has 0 saturated heterocycles. The second-order valence-electron chi connectivity index (χ2n) is 3.26. The lowest BCUT2D eigenvalue weighted by Crippen LogP contribution is -2.15. The van der Waals surface area contributed by atoms with Gasteiger partial charge in [0.1, 0.15) is 5.78 Å². The van der Waals surface area contributed by atoms with Crippen LogP contribution in [0.1, 0.15) is 27.2 Å².